The number of dihydropyridines is 2. The van der Waals surface area contributed by atoms with E-state index in [1.165, 1.54) is 77.4 Å². The Morgan fingerprint density at radius 2 is 1.33 bits per heavy atom. The molecule has 0 radical (unpaired) electrons. The molecule has 6 aliphatic carbocycles. The lowest BCUT2D eigenvalue weighted by Gasteiger charge is -2.41. The largest absolute Gasteiger partial charge is 0.275 e. The van der Waals surface area contributed by atoms with Gasteiger partial charge in [-0.15, -0.1) is 0 Å². The number of aliphatic imine (C=N–C) groups is 2. The molecule has 2 aliphatic heterocycles. The molecule has 8 aliphatic rings. The third kappa shape index (κ3) is 5.98. The quantitative estimate of drug-likeness (QED) is 0.163. The summed E-state index contributed by atoms with van der Waals surface area (Å²) in [5, 5.41) is 5.28. The van der Waals surface area contributed by atoms with Crippen LogP contribution in [-0.4, -0.2) is 16.4 Å². The van der Waals surface area contributed by atoms with Crippen LogP contribution in [0.5, 0.6) is 0 Å². The number of benzene rings is 5. The Morgan fingerprint density at radius 3 is 2.21 bits per heavy atom. The van der Waals surface area contributed by atoms with E-state index in [4.69, 9.17) is 15.0 Å². The van der Waals surface area contributed by atoms with Crippen LogP contribution >= 0.6 is 0 Å². The van der Waals surface area contributed by atoms with Crippen molar-refractivity contribution >= 4 is 50.7 Å². The zero-order valence-corrected chi connectivity index (χ0v) is 36.9. The summed E-state index contributed by atoms with van der Waals surface area (Å²) >= 11 is 0. The second-order valence-corrected chi connectivity index (χ2v) is 19.4. The minimum absolute atomic E-state index is 0.0547. The molecule has 0 amide bonds. The summed E-state index contributed by atoms with van der Waals surface area (Å²) in [6.45, 7) is 0. The van der Waals surface area contributed by atoms with E-state index in [9.17, 15) is 0 Å². The predicted molar refractivity (Wildman–Crippen MR) is 274 cm³/mol. The Balaban J connectivity index is 0.766. The summed E-state index contributed by atoms with van der Waals surface area (Å²) in [7, 11) is 0. The van der Waals surface area contributed by atoms with E-state index in [0.717, 1.165) is 72.3 Å². The molecule has 0 saturated carbocycles. The first-order valence-electron chi connectivity index (χ1n) is 24.2. The maximum absolute atomic E-state index is 5.76. The summed E-state index contributed by atoms with van der Waals surface area (Å²) in [5.74, 6) is 1.34. The highest BCUT2D eigenvalue weighted by Gasteiger charge is 2.42. The fourth-order valence-corrected chi connectivity index (χ4v) is 12.6. The van der Waals surface area contributed by atoms with Crippen molar-refractivity contribution in [3.05, 3.63) is 237 Å². The third-order valence-corrected chi connectivity index (χ3v) is 15.9. The van der Waals surface area contributed by atoms with Crippen molar-refractivity contribution in [3.63, 3.8) is 0 Å². The van der Waals surface area contributed by atoms with Crippen molar-refractivity contribution in [2.75, 3.05) is 0 Å². The molecule has 5 aromatic carbocycles. The van der Waals surface area contributed by atoms with Crippen LogP contribution in [0.1, 0.15) is 83.3 Å². The van der Waals surface area contributed by atoms with Gasteiger partial charge in [0.25, 0.3) is 0 Å². The van der Waals surface area contributed by atoms with Crippen molar-refractivity contribution in [1.29, 1.82) is 0 Å². The van der Waals surface area contributed by atoms with Gasteiger partial charge in [0.15, 0.2) is 0 Å². The molecule has 1 aromatic heterocycles. The van der Waals surface area contributed by atoms with Crippen LogP contribution in [0.4, 0.5) is 0 Å². The molecule has 0 spiro atoms. The molecule has 3 nitrogen and oxygen atoms in total. The van der Waals surface area contributed by atoms with Crippen molar-refractivity contribution in [3.8, 4) is 11.3 Å². The first-order valence-corrected chi connectivity index (χ1v) is 24.2. The van der Waals surface area contributed by atoms with E-state index < -0.39 is 0 Å². The Hall–Kier alpha value is -7.23. The lowest BCUT2D eigenvalue weighted by atomic mass is 9.66. The second-order valence-electron chi connectivity index (χ2n) is 19.4. The topological polar surface area (TPSA) is 37.6 Å². The molecule has 14 rings (SSSR count). The Morgan fingerprint density at radius 1 is 0.545 bits per heavy atom. The predicted octanol–water partition coefficient (Wildman–Crippen LogP) is 15.1. The lowest BCUT2D eigenvalue weighted by molar-refractivity contribution is 0.472. The number of fused-ring (bicyclic) bond motifs is 15. The van der Waals surface area contributed by atoms with Crippen LogP contribution in [-0.2, 0) is 6.42 Å². The van der Waals surface area contributed by atoms with Gasteiger partial charge in [-0.1, -0.05) is 170 Å². The molecule has 0 fully saturated rings. The molecule has 0 saturated heterocycles. The normalized spacial score (nSPS) is 25.3. The van der Waals surface area contributed by atoms with Gasteiger partial charge in [-0.05, 0) is 146 Å². The Bertz CT molecular complexity index is 3450. The molecule has 6 unspecified atom stereocenters. The molecular formula is C63H49N3. The monoisotopic (exact) mass is 847 g/mol. The lowest BCUT2D eigenvalue weighted by Crippen LogP contribution is -2.30. The van der Waals surface area contributed by atoms with E-state index >= 15 is 0 Å². The fourth-order valence-electron chi connectivity index (χ4n) is 12.6. The average molecular weight is 848 g/mol. The van der Waals surface area contributed by atoms with Crippen molar-refractivity contribution < 1.29 is 0 Å². The second kappa shape index (κ2) is 15.2. The highest BCUT2D eigenvalue weighted by atomic mass is 14.9. The first kappa shape index (κ1) is 38.1. The summed E-state index contributed by atoms with van der Waals surface area (Å²) < 4.78 is 0. The summed E-state index contributed by atoms with van der Waals surface area (Å²) in [6, 6.07) is 40.1. The maximum atomic E-state index is 5.76. The van der Waals surface area contributed by atoms with E-state index in [1.807, 2.05) is 0 Å². The molecule has 66 heavy (non-hydrogen) atoms. The fraction of sp³-hybridized carbons (Fsp3) is 0.190. The summed E-state index contributed by atoms with van der Waals surface area (Å²) in [4.78, 5) is 16.4. The van der Waals surface area contributed by atoms with Gasteiger partial charge >= 0.3 is 0 Å². The van der Waals surface area contributed by atoms with Crippen LogP contribution in [0, 0.1) is 23.7 Å². The number of nitrogens with zero attached hydrogens (tertiary/aromatic N) is 3. The van der Waals surface area contributed by atoms with Crippen molar-refractivity contribution in [2.24, 2.45) is 33.7 Å². The number of hydrogen-bond donors (Lipinski definition) is 0. The third-order valence-electron chi connectivity index (χ3n) is 15.9. The number of aromatic nitrogens is 1. The van der Waals surface area contributed by atoms with Gasteiger partial charge in [0.05, 0.1) is 28.9 Å². The van der Waals surface area contributed by atoms with Gasteiger partial charge in [-0.3, -0.25) is 9.98 Å². The Labute approximate surface area is 386 Å². The van der Waals surface area contributed by atoms with Crippen molar-refractivity contribution in [2.45, 2.75) is 50.6 Å². The van der Waals surface area contributed by atoms with E-state index in [1.54, 1.807) is 0 Å². The SMILES string of the molecule is C1=CC2=C(CC1)C(C1=CCC(C3C=Cc4c(c5ccccc5c5cc(C6=NC7c8nc(-c9ccccc9)ccc8C=CC7C=C6)ccc45)C3)C=C1)=NC1c3ccccc3C3=C(C=CCC3)C21. The van der Waals surface area contributed by atoms with E-state index in [-0.39, 0.29) is 18.0 Å². The number of rotatable bonds is 4. The van der Waals surface area contributed by atoms with E-state index in [0.29, 0.717) is 17.8 Å². The zero-order chi connectivity index (χ0) is 43.3. The van der Waals surface area contributed by atoms with Gasteiger partial charge < -0.3 is 0 Å². The highest BCUT2D eigenvalue weighted by Crippen LogP contribution is 2.54. The van der Waals surface area contributed by atoms with Gasteiger partial charge in [0.1, 0.15) is 6.04 Å². The molecular weight excluding hydrogens is 799 g/mol. The van der Waals surface area contributed by atoms with E-state index in [2.05, 4.69) is 188 Å². The van der Waals surface area contributed by atoms with Crippen LogP contribution in [0.25, 0.3) is 50.5 Å². The van der Waals surface area contributed by atoms with Crippen LogP contribution < -0.4 is 0 Å². The molecule has 0 N–H and O–H groups in total. The number of pyridine rings is 1. The summed E-state index contributed by atoms with van der Waals surface area (Å²) in [5.41, 5.74) is 20.7. The highest BCUT2D eigenvalue weighted by molar-refractivity contribution is 6.18. The van der Waals surface area contributed by atoms with Gasteiger partial charge in [0, 0.05) is 23.0 Å². The van der Waals surface area contributed by atoms with Crippen LogP contribution in [0.2, 0.25) is 0 Å². The first-order chi connectivity index (χ1) is 32.7. The minimum Gasteiger partial charge on any atom is -0.275 e. The summed E-state index contributed by atoms with van der Waals surface area (Å²) in [6.07, 6.45) is 37.5. The van der Waals surface area contributed by atoms with Gasteiger partial charge in [-0.2, -0.15) is 0 Å². The minimum atomic E-state index is -0.0547. The zero-order valence-electron chi connectivity index (χ0n) is 36.9. The Kier molecular flexibility index (Phi) is 8.75. The standard InChI is InChI=1S/C63H49N3/c1-2-12-39(13-3-1)57-34-30-41-26-27-42-31-35-58(65-62(42)61(41)64-57)44-29-33-50-49-32-28-43(36-55(49)47-16-4-5-17-48(47)56(50)37-44)38-22-24-40(25-23-38)60-54-21-11-9-19-52(54)59-51-18-8-6-14-45(51)46-15-7-10-20-53(46)63(59)66-60/h1-5,7-10,12-13,15-20,22,24-35,37-38,42-43,59,62-63H,6,11,14,21,23,36H2. The molecule has 3 heterocycles. The van der Waals surface area contributed by atoms with Crippen molar-refractivity contribution in [1.82, 2.24) is 4.98 Å². The smallest absolute Gasteiger partial charge is 0.103 e. The molecule has 6 atom stereocenters. The average Bonchev–Trinajstić information content (AvgIpc) is 3.40. The maximum Gasteiger partial charge on any atom is 0.103 e. The number of hydrogen-bond acceptors (Lipinski definition) is 3. The van der Waals surface area contributed by atoms with Gasteiger partial charge in [-0.25, -0.2) is 4.98 Å². The molecule has 0 bridgehead atoms. The molecule has 3 heteroatoms. The number of allylic oxidation sites excluding steroid dienone is 12. The molecule has 316 valence electrons. The van der Waals surface area contributed by atoms with Crippen LogP contribution in [0.3, 0.4) is 0 Å². The van der Waals surface area contributed by atoms with Crippen LogP contribution in [0.15, 0.2) is 208 Å². The molecule has 6 aromatic rings. The van der Waals surface area contributed by atoms with Gasteiger partial charge in [0.2, 0.25) is 0 Å².